The molecule has 2 rings (SSSR count). The molecule has 4 nitrogen and oxygen atoms in total. The van der Waals surface area contributed by atoms with Gasteiger partial charge >= 0.3 is 0 Å². The molecule has 19 heavy (non-hydrogen) atoms. The first-order chi connectivity index (χ1) is 9.22. The summed E-state index contributed by atoms with van der Waals surface area (Å²) in [7, 11) is 2.00. The average molecular weight is 257 g/mol. The zero-order valence-electron chi connectivity index (χ0n) is 11.3. The molecular formula is C15H19N3O. The van der Waals surface area contributed by atoms with Crippen LogP contribution >= 0.6 is 0 Å². The van der Waals surface area contributed by atoms with Crippen LogP contribution in [0.15, 0.2) is 42.6 Å². The molecule has 100 valence electrons. The van der Waals surface area contributed by atoms with Crippen LogP contribution in [0.1, 0.15) is 23.9 Å². The van der Waals surface area contributed by atoms with Crippen LogP contribution < -0.4 is 4.90 Å². The Kier molecular flexibility index (Phi) is 4.47. The Balaban J connectivity index is 2.29. The van der Waals surface area contributed by atoms with E-state index in [4.69, 9.17) is 0 Å². The molecule has 0 unspecified atom stereocenters. The second-order valence-electron chi connectivity index (χ2n) is 4.51. The molecule has 1 N–H and O–H groups in total. The standard InChI is InChI=1S/C15H19N3O/c1-12-16-10-8-15(17-12)18(2)14(9-11-19)13-6-4-3-5-7-13/h3-8,10,14,19H,9,11H2,1-2H3/t14-/m1/s1. The number of hydrogen-bond donors (Lipinski definition) is 1. The Labute approximate surface area is 113 Å². The maximum Gasteiger partial charge on any atom is 0.132 e. The molecule has 0 aliphatic carbocycles. The van der Waals surface area contributed by atoms with Gasteiger partial charge in [-0.1, -0.05) is 30.3 Å². The Hall–Kier alpha value is -1.94. The smallest absolute Gasteiger partial charge is 0.132 e. The maximum atomic E-state index is 9.29. The van der Waals surface area contributed by atoms with E-state index in [2.05, 4.69) is 27.0 Å². The molecule has 0 spiro atoms. The third kappa shape index (κ3) is 3.29. The highest BCUT2D eigenvalue weighted by atomic mass is 16.3. The molecule has 1 heterocycles. The lowest BCUT2D eigenvalue weighted by molar-refractivity contribution is 0.274. The summed E-state index contributed by atoms with van der Waals surface area (Å²) in [5.41, 5.74) is 1.18. The summed E-state index contributed by atoms with van der Waals surface area (Å²) in [6, 6.07) is 12.2. The zero-order valence-corrected chi connectivity index (χ0v) is 11.3. The average Bonchev–Trinajstić information content (AvgIpc) is 2.45. The highest BCUT2D eigenvalue weighted by molar-refractivity contribution is 5.40. The van der Waals surface area contributed by atoms with Crippen molar-refractivity contribution in [3.05, 3.63) is 54.0 Å². The minimum Gasteiger partial charge on any atom is -0.396 e. The minimum atomic E-state index is 0.112. The molecule has 4 heteroatoms. The lowest BCUT2D eigenvalue weighted by Gasteiger charge is -2.29. The van der Waals surface area contributed by atoms with Gasteiger partial charge < -0.3 is 10.0 Å². The fraction of sp³-hybridized carbons (Fsp3) is 0.333. The van der Waals surface area contributed by atoms with Crippen molar-refractivity contribution in [1.29, 1.82) is 0 Å². The van der Waals surface area contributed by atoms with Gasteiger partial charge in [0, 0.05) is 19.9 Å². The number of aromatic nitrogens is 2. The Morgan fingerprint density at radius 1 is 1.21 bits per heavy atom. The van der Waals surface area contributed by atoms with Gasteiger partial charge in [0.1, 0.15) is 11.6 Å². The van der Waals surface area contributed by atoms with E-state index in [1.165, 1.54) is 5.56 Å². The molecule has 0 amide bonds. The van der Waals surface area contributed by atoms with E-state index >= 15 is 0 Å². The molecule has 1 aromatic carbocycles. The van der Waals surface area contributed by atoms with E-state index in [1.54, 1.807) is 6.20 Å². The molecule has 0 aliphatic rings. The first-order valence-electron chi connectivity index (χ1n) is 6.40. The third-order valence-electron chi connectivity index (χ3n) is 3.18. The lowest BCUT2D eigenvalue weighted by Crippen LogP contribution is -2.26. The fourth-order valence-corrected chi connectivity index (χ4v) is 2.18. The van der Waals surface area contributed by atoms with Crippen LogP contribution in [0, 0.1) is 6.92 Å². The summed E-state index contributed by atoms with van der Waals surface area (Å²) in [4.78, 5) is 10.6. The second kappa shape index (κ2) is 6.29. The lowest BCUT2D eigenvalue weighted by atomic mass is 10.0. The molecule has 1 aromatic heterocycles. The Morgan fingerprint density at radius 3 is 2.58 bits per heavy atom. The van der Waals surface area contributed by atoms with Crippen molar-refractivity contribution in [2.24, 2.45) is 0 Å². The predicted octanol–water partition coefficient (Wildman–Crippen LogP) is 2.34. The minimum absolute atomic E-state index is 0.112. The van der Waals surface area contributed by atoms with Gasteiger partial charge in [-0.2, -0.15) is 0 Å². The molecule has 0 fully saturated rings. The van der Waals surface area contributed by atoms with E-state index in [0.717, 1.165) is 11.6 Å². The van der Waals surface area contributed by atoms with Crippen LogP contribution in [0.5, 0.6) is 0 Å². The van der Waals surface area contributed by atoms with Crippen molar-refractivity contribution in [3.63, 3.8) is 0 Å². The number of anilines is 1. The second-order valence-corrected chi connectivity index (χ2v) is 4.51. The normalized spacial score (nSPS) is 12.2. The van der Waals surface area contributed by atoms with Crippen LogP contribution in [0.4, 0.5) is 5.82 Å². The zero-order chi connectivity index (χ0) is 13.7. The molecule has 0 saturated carbocycles. The molecule has 2 aromatic rings. The van der Waals surface area contributed by atoms with Crippen LogP contribution in [0.2, 0.25) is 0 Å². The summed E-state index contributed by atoms with van der Waals surface area (Å²) in [5.74, 6) is 1.62. The highest BCUT2D eigenvalue weighted by Gasteiger charge is 2.17. The highest BCUT2D eigenvalue weighted by Crippen LogP contribution is 2.26. The van der Waals surface area contributed by atoms with Crippen LogP contribution in [-0.4, -0.2) is 28.7 Å². The Bertz CT molecular complexity index is 516. The van der Waals surface area contributed by atoms with Gasteiger partial charge in [-0.05, 0) is 25.0 Å². The Morgan fingerprint density at radius 2 is 1.95 bits per heavy atom. The largest absolute Gasteiger partial charge is 0.396 e. The molecule has 0 radical (unpaired) electrons. The van der Waals surface area contributed by atoms with Crippen LogP contribution in [0.25, 0.3) is 0 Å². The third-order valence-corrected chi connectivity index (χ3v) is 3.18. The van der Waals surface area contributed by atoms with Gasteiger partial charge in [0.25, 0.3) is 0 Å². The number of benzene rings is 1. The first kappa shape index (κ1) is 13.5. The topological polar surface area (TPSA) is 49.2 Å². The first-order valence-corrected chi connectivity index (χ1v) is 6.40. The summed E-state index contributed by atoms with van der Waals surface area (Å²) < 4.78 is 0. The van der Waals surface area contributed by atoms with Crippen LogP contribution in [0.3, 0.4) is 0 Å². The number of hydrogen-bond acceptors (Lipinski definition) is 4. The number of aryl methyl sites for hydroxylation is 1. The van der Waals surface area contributed by atoms with Crippen molar-refractivity contribution >= 4 is 5.82 Å². The van der Waals surface area contributed by atoms with E-state index in [9.17, 15) is 5.11 Å². The van der Waals surface area contributed by atoms with Crippen molar-refractivity contribution in [2.75, 3.05) is 18.6 Å². The number of rotatable bonds is 5. The molecule has 0 saturated heterocycles. The molecule has 0 bridgehead atoms. The fourth-order valence-electron chi connectivity index (χ4n) is 2.18. The van der Waals surface area contributed by atoms with Gasteiger partial charge in [-0.3, -0.25) is 0 Å². The van der Waals surface area contributed by atoms with E-state index in [1.807, 2.05) is 38.2 Å². The SMILES string of the molecule is Cc1nccc(N(C)[C@H](CCO)c2ccccc2)n1. The predicted molar refractivity (Wildman–Crippen MR) is 76.1 cm³/mol. The molecule has 1 atom stereocenters. The van der Waals surface area contributed by atoms with Crippen molar-refractivity contribution < 1.29 is 5.11 Å². The van der Waals surface area contributed by atoms with Crippen molar-refractivity contribution in [1.82, 2.24) is 9.97 Å². The number of aliphatic hydroxyl groups excluding tert-OH is 1. The van der Waals surface area contributed by atoms with E-state index in [-0.39, 0.29) is 12.6 Å². The quantitative estimate of drug-likeness (QED) is 0.893. The summed E-state index contributed by atoms with van der Waals surface area (Å²) in [6.07, 6.45) is 2.43. The number of nitrogens with zero attached hydrogens (tertiary/aromatic N) is 3. The van der Waals surface area contributed by atoms with Gasteiger partial charge in [-0.25, -0.2) is 9.97 Å². The van der Waals surface area contributed by atoms with Crippen molar-refractivity contribution in [2.45, 2.75) is 19.4 Å². The summed E-state index contributed by atoms with van der Waals surface area (Å²) in [6.45, 7) is 2.02. The number of aliphatic hydroxyl groups is 1. The van der Waals surface area contributed by atoms with Crippen molar-refractivity contribution in [3.8, 4) is 0 Å². The van der Waals surface area contributed by atoms with Gasteiger partial charge in [0.15, 0.2) is 0 Å². The molecular weight excluding hydrogens is 238 g/mol. The van der Waals surface area contributed by atoms with Gasteiger partial charge in [0.2, 0.25) is 0 Å². The summed E-state index contributed by atoms with van der Waals surface area (Å²) in [5, 5.41) is 9.29. The van der Waals surface area contributed by atoms with E-state index in [0.29, 0.717) is 6.42 Å². The molecule has 0 aliphatic heterocycles. The van der Waals surface area contributed by atoms with Gasteiger partial charge in [-0.15, -0.1) is 0 Å². The maximum absolute atomic E-state index is 9.29. The van der Waals surface area contributed by atoms with E-state index < -0.39 is 0 Å². The summed E-state index contributed by atoms with van der Waals surface area (Å²) >= 11 is 0. The monoisotopic (exact) mass is 257 g/mol. The van der Waals surface area contributed by atoms with Crippen LogP contribution in [-0.2, 0) is 0 Å². The van der Waals surface area contributed by atoms with Gasteiger partial charge in [0.05, 0.1) is 6.04 Å².